The molecule has 0 fully saturated rings. The molecule has 140 valence electrons. The summed E-state index contributed by atoms with van der Waals surface area (Å²) in [5.41, 5.74) is -2.59. The molecule has 2 aromatic carbocycles. The van der Waals surface area contributed by atoms with Gasteiger partial charge in [0.05, 0.1) is 11.9 Å². The van der Waals surface area contributed by atoms with Gasteiger partial charge in [0.15, 0.2) is 0 Å². The number of para-hydroxylation sites is 1. The van der Waals surface area contributed by atoms with Crippen LogP contribution in [0, 0.1) is 6.92 Å². The van der Waals surface area contributed by atoms with E-state index < -0.39 is 17.4 Å². The second-order valence-corrected chi connectivity index (χ2v) is 7.00. The fraction of sp³-hybridized carbons (Fsp3) is 0.158. The summed E-state index contributed by atoms with van der Waals surface area (Å²) in [6, 6.07) is 12.1. The number of carbonyl (C=O) groups is 2. The highest BCUT2D eigenvalue weighted by Gasteiger charge is 2.29. The molecule has 0 spiro atoms. The van der Waals surface area contributed by atoms with Crippen LogP contribution in [0.3, 0.4) is 0 Å². The lowest BCUT2D eigenvalue weighted by Crippen LogP contribution is -2.14. The van der Waals surface area contributed by atoms with Crippen molar-refractivity contribution in [3.63, 3.8) is 0 Å². The van der Waals surface area contributed by atoms with Gasteiger partial charge in [-0.15, -0.1) is 0 Å². The topological polar surface area (TPSA) is 59.3 Å². The molecule has 0 aliphatic carbocycles. The number of halogens is 3. The number of aromatic nitrogens is 1. The Bertz CT molecular complexity index is 1020. The predicted molar refractivity (Wildman–Crippen MR) is 96.1 cm³/mol. The van der Waals surface area contributed by atoms with Crippen LogP contribution in [0.2, 0.25) is 0 Å². The Balaban J connectivity index is 2.03. The van der Waals surface area contributed by atoms with Gasteiger partial charge in [0.2, 0.25) is 0 Å². The number of fused-ring (bicyclic) bond motifs is 1. The standard InChI is InChI=1S/C19H14F3NO3S/c1-11-15(10-17(24)25)14-4-2-3-5-16(14)23(11)18(26)12-6-8-13(9-7-12)27-19(20,21)22/h2-9H,10H2,1H3,(H,24,25). The van der Waals surface area contributed by atoms with Crippen LogP contribution in [0.15, 0.2) is 53.4 Å². The first-order valence-electron chi connectivity index (χ1n) is 7.88. The SMILES string of the molecule is Cc1c(CC(=O)O)c2ccccc2n1C(=O)c1ccc(SC(F)(F)F)cc1. The summed E-state index contributed by atoms with van der Waals surface area (Å²) in [6.07, 6.45) is -0.228. The van der Waals surface area contributed by atoms with Crippen molar-refractivity contribution < 1.29 is 27.9 Å². The van der Waals surface area contributed by atoms with Crippen molar-refractivity contribution in [2.45, 2.75) is 23.7 Å². The Kier molecular flexibility index (Phi) is 5.01. The van der Waals surface area contributed by atoms with Gasteiger partial charge in [-0.1, -0.05) is 18.2 Å². The molecule has 0 unspecified atom stereocenters. The van der Waals surface area contributed by atoms with Crippen LogP contribution in [0.5, 0.6) is 0 Å². The van der Waals surface area contributed by atoms with Crippen molar-refractivity contribution >= 4 is 34.5 Å². The number of carboxylic acids is 1. The van der Waals surface area contributed by atoms with Crippen molar-refractivity contribution in [2.75, 3.05) is 0 Å². The molecular formula is C19H14F3NO3S. The van der Waals surface area contributed by atoms with Crippen molar-refractivity contribution in [3.8, 4) is 0 Å². The molecule has 8 heteroatoms. The van der Waals surface area contributed by atoms with Gasteiger partial charge in [0.1, 0.15) is 0 Å². The van der Waals surface area contributed by atoms with E-state index >= 15 is 0 Å². The van der Waals surface area contributed by atoms with Crippen molar-refractivity contribution in [1.29, 1.82) is 0 Å². The molecule has 0 saturated heterocycles. The Labute approximate surface area is 156 Å². The van der Waals surface area contributed by atoms with E-state index in [1.807, 2.05) is 0 Å². The normalized spacial score (nSPS) is 11.7. The van der Waals surface area contributed by atoms with Crippen LogP contribution in [0.4, 0.5) is 13.2 Å². The third kappa shape index (κ3) is 4.00. The lowest BCUT2D eigenvalue weighted by atomic mass is 10.1. The molecule has 3 aromatic rings. The van der Waals surface area contributed by atoms with Gasteiger partial charge in [0, 0.05) is 21.5 Å². The number of rotatable bonds is 4. The summed E-state index contributed by atoms with van der Waals surface area (Å²) < 4.78 is 38.7. The second-order valence-electron chi connectivity index (χ2n) is 5.86. The molecule has 1 N–H and O–H groups in total. The fourth-order valence-corrected chi connectivity index (χ4v) is 3.54. The largest absolute Gasteiger partial charge is 0.481 e. The first-order valence-corrected chi connectivity index (χ1v) is 8.70. The zero-order chi connectivity index (χ0) is 19.8. The van der Waals surface area contributed by atoms with E-state index in [-0.39, 0.29) is 28.6 Å². The van der Waals surface area contributed by atoms with E-state index in [1.165, 1.54) is 28.8 Å². The van der Waals surface area contributed by atoms with Crippen molar-refractivity contribution in [3.05, 3.63) is 65.4 Å². The van der Waals surface area contributed by atoms with Crippen molar-refractivity contribution in [2.24, 2.45) is 0 Å². The van der Waals surface area contributed by atoms with Gasteiger partial charge < -0.3 is 5.11 Å². The first kappa shape index (κ1) is 19.0. The second kappa shape index (κ2) is 7.11. The smallest absolute Gasteiger partial charge is 0.446 e. The lowest BCUT2D eigenvalue weighted by molar-refractivity contribution is -0.136. The minimum atomic E-state index is -4.40. The Morgan fingerprint density at radius 1 is 1.07 bits per heavy atom. The summed E-state index contributed by atoms with van der Waals surface area (Å²) in [4.78, 5) is 24.1. The molecule has 1 aromatic heterocycles. The fourth-order valence-electron chi connectivity index (χ4n) is 3.00. The minimum Gasteiger partial charge on any atom is -0.481 e. The lowest BCUT2D eigenvalue weighted by Gasteiger charge is -2.09. The van der Waals surface area contributed by atoms with E-state index in [0.717, 1.165) is 0 Å². The number of thioether (sulfide) groups is 1. The predicted octanol–water partition coefficient (Wildman–Crippen LogP) is 4.88. The highest BCUT2D eigenvalue weighted by atomic mass is 32.2. The van der Waals surface area contributed by atoms with Gasteiger partial charge in [-0.05, 0) is 54.6 Å². The number of hydrogen-bond acceptors (Lipinski definition) is 3. The number of hydrogen-bond donors (Lipinski definition) is 1. The molecule has 1 heterocycles. The number of aliphatic carboxylic acids is 1. The zero-order valence-electron chi connectivity index (χ0n) is 14.1. The molecule has 4 nitrogen and oxygen atoms in total. The monoisotopic (exact) mass is 393 g/mol. The number of carboxylic acid groups (broad SMARTS) is 1. The first-order chi connectivity index (χ1) is 12.7. The molecule has 0 radical (unpaired) electrons. The van der Waals surface area contributed by atoms with Crippen LogP contribution >= 0.6 is 11.8 Å². The van der Waals surface area contributed by atoms with Crippen LogP contribution in [-0.4, -0.2) is 27.1 Å². The highest BCUT2D eigenvalue weighted by Crippen LogP contribution is 2.37. The van der Waals surface area contributed by atoms with E-state index in [9.17, 15) is 22.8 Å². The third-order valence-corrected chi connectivity index (χ3v) is 4.85. The molecule has 0 amide bonds. The van der Waals surface area contributed by atoms with Gasteiger partial charge >= 0.3 is 11.5 Å². The summed E-state index contributed by atoms with van der Waals surface area (Å²) in [5, 5.41) is 9.81. The minimum absolute atomic E-state index is 0.0142. The summed E-state index contributed by atoms with van der Waals surface area (Å²) in [7, 11) is 0. The third-order valence-electron chi connectivity index (χ3n) is 4.11. The Hall–Kier alpha value is -2.74. The molecule has 0 aliphatic heterocycles. The zero-order valence-corrected chi connectivity index (χ0v) is 14.9. The van der Waals surface area contributed by atoms with E-state index in [0.29, 0.717) is 22.2 Å². The van der Waals surface area contributed by atoms with Crippen molar-refractivity contribution in [1.82, 2.24) is 4.57 Å². The maximum atomic E-state index is 13.0. The number of nitrogens with zero attached hydrogens (tertiary/aromatic N) is 1. The molecule has 3 rings (SSSR count). The Morgan fingerprint density at radius 2 is 1.70 bits per heavy atom. The molecule has 0 aliphatic rings. The number of benzene rings is 2. The maximum absolute atomic E-state index is 13.0. The van der Waals surface area contributed by atoms with Gasteiger partial charge in [-0.3, -0.25) is 14.2 Å². The summed E-state index contributed by atoms with van der Waals surface area (Å²) in [5.74, 6) is -1.44. The van der Waals surface area contributed by atoms with E-state index in [4.69, 9.17) is 5.11 Å². The van der Waals surface area contributed by atoms with Gasteiger partial charge in [0.25, 0.3) is 5.91 Å². The van der Waals surface area contributed by atoms with Crippen LogP contribution in [0.25, 0.3) is 10.9 Å². The summed E-state index contributed by atoms with van der Waals surface area (Å²) in [6.45, 7) is 1.66. The van der Waals surface area contributed by atoms with Gasteiger partial charge in [-0.25, -0.2) is 0 Å². The maximum Gasteiger partial charge on any atom is 0.446 e. The van der Waals surface area contributed by atoms with Crippen LogP contribution in [0.1, 0.15) is 21.6 Å². The quantitative estimate of drug-likeness (QED) is 0.642. The highest BCUT2D eigenvalue weighted by molar-refractivity contribution is 8.00. The number of carbonyl (C=O) groups excluding carboxylic acids is 1. The van der Waals surface area contributed by atoms with E-state index in [2.05, 4.69) is 0 Å². The average molecular weight is 393 g/mol. The molecule has 0 bridgehead atoms. The molecule has 0 atom stereocenters. The average Bonchev–Trinajstić information content (AvgIpc) is 2.85. The van der Waals surface area contributed by atoms with Gasteiger partial charge in [-0.2, -0.15) is 13.2 Å². The summed E-state index contributed by atoms with van der Waals surface area (Å²) >= 11 is -0.250. The molecule has 27 heavy (non-hydrogen) atoms. The van der Waals surface area contributed by atoms with Crippen LogP contribution in [-0.2, 0) is 11.2 Å². The van der Waals surface area contributed by atoms with Crippen LogP contribution < -0.4 is 0 Å². The molecular weight excluding hydrogens is 379 g/mol. The Morgan fingerprint density at radius 3 is 2.30 bits per heavy atom. The molecule has 0 saturated carbocycles. The number of alkyl halides is 3. The van der Waals surface area contributed by atoms with E-state index in [1.54, 1.807) is 31.2 Å².